The number of hydrogen-bond acceptors (Lipinski definition) is 5. The summed E-state index contributed by atoms with van der Waals surface area (Å²) in [6.45, 7) is 9.69. The summed E-state index contributed by atoms with van der Waals surface area (Å²) in [7, 11) is 0. The van der Waals surface area contributed by atoms with Crippen molar-refractivity contribution < 1.29 is 4.79 Å². The summed E-state index contributed by atoms with van der Waals surface area (Å²) in [4.78, 5) is 28.2. The maximum atomic E-state index is 12.7. The highest BCUT2D eigenvalue weighted by Crippen LogP contribution is 2.21. The summed E-state index contributed by atoms with van der Waals surface area (Å²) in [5.41, 5.74) is 3.02. The molecule has 6 heteroatoms. The highest BCUT2D eigenvalue weighted by Gasteiger charge is 2.24. The van der Waals surface area contributed by atoms with Crippen LogP contribution in [0.25, 0.3) is 0 Å². The summed E-state index contributed by atoms with van der Waals surface area (Å²) in [6, 6.07) is 8.64. The van der Waals surface area contributed by atoms with Crippen LogP contribution < -0.4 is 9.80 Å². The first kappa shape index (κ1) is 18.7. The summed E-state index contributed by atoms with van der Waals surface area (Å²) in [5.74, 6) is 1.43. The lowest BCUT2D eigenvalue weighted by Gasteiger charge is -2.36. The van der Waals surface area contributed by atoms with Crippen molar-refractivity contribution in [3.63, 3.8) is 0 Å². The first-order valence-electron chi connectivity index (χ1n) is 10.3. The van der Waals surface area contributed by atoms with Crippen LogP contribution in [0, 0.1) is 12.8 Å². The van der Waals surface area contributed by atoms with Crippen LogP contribution in [-0.4, -0.2) is 60.0 Å². The Kier molecular flexibility index (Phi) is 5.46. The van der Waals surface area contributed by atoms with Gasteiger partial charge in [0.2, 0.25) is 0 Å². The highest BCUT2D eigenvalue weighted by molar-refractivity contribution is 5.92. The van der Waals surface area contributed by atoms with Crippen molar-refractivity contribution in [3.8, 4) is 0 Å². The lowest BCUT2D eigenvalue weighted by atomic mass is 10.0. The molecule has 2 saturated heterocycles. The summed E-state index contributed by atoms with van der Waals surface area (Å²) in [5, 5.41) is 0. The number of carbonyl (C=O) groups excluding carboxylic acids is 1. The molecule has 1 atom stereocenters. The average Bonchev–Trinajstić information content (AvgIpc) is 2.73. The number of aryl methyl sites for hydroxylation is 1. The second-order valence-corrected chi connectivity index (χ2v) is 8.07. The third-order valence-electron chi connectivity index (χ3n) is 5.77. The standard InChI is InChI=1S/C22H29N5O/c1-17-5-3-7-19(13-17)25-9-11-26(12-10-25)21-15-23-20(14-24-21)22(28)27-8-4-6-18(2)16-27/h3,5,7,13-15,18H,4,6,8-12,16H2,1-2H3. The molecule has 28 heavy (non-hydrogen) atoms. The number of piperidine rings is 1. The van der Waals surface area contributed by atoms with Crippen LogP contribution in [0.2, 0.25) is 0 Å². The number of carbonyl (C=O) groups is 1. The number of nitrogens with zero attached hydrogens (tertiary/aromatic N) is 5. The Balaban J connectivity index is 1.36. The molecule has 6 nitrogen and oxygen atoms in total. The number of anilines is 2. The smallest absolute Gasteiger partial charge is 0.274 e. The van der Waals surface area contributed by atoms with E-state index in [-0.39, 0.29) is 5.91 Å². The van der Waals surface area contributed by atoms with Crippen molar-refractivity contribution in [2.24, 2.45) is 5.92 Å². The van der Waals surface area contributed by atoms with Crippen LogP contribution in [0.3, 0.4) is 0 Å². The van der Waals surface area contributed by atoms with E-state index in [9.17, 15) is 4.79 Å². The van der Waals surface area contributed by atoms with Crippen molar-refractivity contribution in [2.45, 2.75) is 26.7 Å². The molecule has 2 aliphatic heterocycles. The number of likely N-dealkylation sites (tertiary alicyclic amines) is 1. The summed E-state index contributed by atoms with van der Waals surface area (Å²) in [6.07, 6.45) is 5.67. The fourth-order valence-corrected chi connectivity index (χ4v) is 4.15. The number of rotatable bonds is 3. The van der Waals surface area contributed by atoms with Crippen molar-refractivity contribution in [1.82, 2.24) is 14.9 Å². The Bertz CT molecular complexity index is 814. The zero-order chi connectivity index (χ0) is 19.5. The van der Waals surface area contributed by atoms with Crippen LogP contribution in [0.5, 0.6) is 0 Å². The highest BCUT2D eigenvalue weighted by atomic mass is 16.2. The Morgan fingerprint density at radius 2 is 1.82 bits per heavy atom. The van der Waals surface area contributed by atoms with Crippen LogP contribution in [0.15, 0.2) is 36.7 Å². The maximum absolute atomic E-state index is 12.7. The third kappa shape index (κ3) is 4.11. The van der Waals surface area contributed by atoms with E-state index in [0.29, 0.717) is 11.6 Å². The van der Waals surface area contributed by atoms with Gasteiger partial charge in [0.1, 0.15) is 11.5 Å². The zero-order valence-electron chi connectivity index (χ0n) is 16.8. The van der Waals surface area contributed by atoms with Crippen LogP contribution >= 0.6 is 0 Å². The van der Waals surface area contributed by atoms with Gasteiger partial charge in [0.25, 0.3) is 5.91 Å². The van der Waals surface area contributed by atoms with Crippen molar-refractivity contribution in [2.75, 3.05) is 49.1 Å². The molecule has 0 bridgehead atoms. The molecule has 3 heterocycles. The van der Waals surface area contributed by atoms with Gasteiger partial charge >= 0.3 is 0 Å². The minimum Gasteiger partial charge on any atom is -0.368 e. The Morgan fingerprint density at radius 1 is 1.04 bits per heavy atom. The normalized spacial score (nSPS) is 20.4. The van der Waals surface area contributed by atoms with Gasteiger partial charge in [-0.05, 0) is 43.4 Å². The van der Waals surface area contributed by atoms with Crippen LogP contribution in [0.1, 0.15) is 35.8 Å². The predicted octanol–water partition coefficient (Wildman–Crippen LogP) is 2.98. The Labute approximate surface area is 167 Å². The molecule has 1 aromatic carbocycles. The monoisotopic (exact) mass is 379 g/mol. The minimum absolute atomic E-state index is 0.00914. The van der Waals surface area contributed by atoms with Gasteiger partial charge in [-0.15, -0.1) is 0 Å². The zero-order valence-corrected chi connectivity index (χ0v) is 16.8. The quantitative estimate of drug-likeness (QED) is 0.821. The molecule has 0 spiro atoms. The minimum atomic E-state index is 0.00914. The molecule has 0 saturated carbocycles. The number of piperazine rings is 1. The molecule has 1 aromatic heterocycles. The second kappa shape index (κ2) is 8.17. The first-order chi connectivity index (χ1) is 13.6. The van der Waals surface area contributed by atoms with Crippen molar-refractivity contribution >= 4 is 17.4 Å². The molecule has 0 radical (unpaired) electrons. The molecule has 2 fully saturated rings. The molecule has 0 aliphatic carbocycles. The fourth-order valence-electron chi connectivity index (χ4n) is 4.15. The first-order valence-corrected chi connectivity index (χ1v) is 10.3. The largest absolute Gasteiger partial charge is 0.368 e. The van der Waals surface area contributed by atoms with Crippen LogP contribution in [0.4, 0.5) is 11.5 Å². The summed E-state index contributed by atoms with van der Waals surface area (Å²) >= 11 is 0. The van der Waals surface area contributed by atoms with Gasteiger partial charge in [0, 0.05) is 45.0 Å². The average molecular weight is 380 g/mol. The van der Waals surface area contributed by atoms with Gasteiger partial charge in [0.15, 0.2) is 0 Å². The number of benzene rings is 1. The van der Waals surface area contributed by atoms with Gasteiger partial charge in [-0.2, -0.15) is 0 Å². The van der Waals surface area contributed by atoms with Crippen molar-refractivity contribution in [3.05, 3.63) is 47.9 Å². The number of amides is 1. The molecule has 2 aromatic rings. The van der Waals surface area contributed by atoms with E-state index >= 15 is 0 Å². The molecule has 0 N–H and O–H groups in total. The summed E-state index contributed by atoms with van der Waals surface area (Å²) < 4.78 is 0. The molecule has 4 rings (SSSR count). The van der Waals surface area contributed by atoms with Gasteiger partial charge in [-0.3, -0.25) is 4.79 Å². The fraction of sp³-hybridized carbons (Fsp3) is 0.500. The third-order valence-corrected chi connectivity index (χ3v) is 5.77. The lowest BCUT2D eigenvalue weighted by molar-refractivity contribution is 0.0676. The number of hydrogen-bond donors (Lipinski definition) is 0. The molecule has 1 amide bonds. The van der Waals surface area contributed by atoms with Gasteiger partial charge in [-0.1, -0.05) is 19.1 Å². The maximum Gasteiger partial charge on any atom is 0.274 e. The topological polar surface area (TPSA) is 52.6 Å². The number of aromatic nitrogens is 2. The Hall–Kier alpha value is -2.63. The van der Waals surface area contributed by atoms with E-state index in [1.54, 1.807) is 12.4 Å². The second-order valence-electron chi connectivity index (χ2n) is 8.07. The molecule has 148 valence electrons. The predicted molar refractivity (Wildman–Crippen MR) is 112 cm³/mol. The van der Waals surface area contributed by atoms with E-state index in [0.717, 1.165) is 51.5 Å². The van der Waals surface area contributed by atoms with Gasteiger partial charge in [-0.25, -0.2) is 9.97 Å². The van der Waals surface area contributed by atoms with Crippen molar-refractivity contribution in [1.29, 1.82) is 0 Å². The SMILES string of the molecule is Cc1cccc(N2CCN(c3cnc(C(=O)N4CCCC(C)C4)cn3)CC2)c1. The van der Waals surface area contributed by atoms with E-state index < -0.39 is 0 Å². The van der Waals surface area contributed by atoms with E-state index in [4.69, 9.17) is 0 Å². The lowest BCUT2D eigenvalue weighted by Crippen LogP contribution is -2.47. The van der Waals surface area contributed by atoms with E-state index in [1.807, 2.05) is 4.90 Å². The van der Waals surface area contributed by atoms with E-state index in [1.165, 1.54) is 17.7 Å². The molecular formula is C22H29N5O. The van der Waals surface area contributed by atoms with Crippen LogP contribution in [-0.2, 0) is 0 Å². The molecule has 1 unspecified atom stereocenters. The van der Waals surface area contributed by atoms with Gasteiger partial charge < -0.3 is 14.7 Å². The molecular weight excluding hydrogens is 350 g/mol. The van der Waals surface area contributed by atoms with Gasteiger partial charge in [0.05, 0.1) is 12.4 Å². The van der Waals surface area contributed by atoms with E-state index in [2.05, 4.69) is 57.9 Å². The Morgan fingerprint density at radius 3 is 2.50 bits per heavy atom. The molecule has 2 aliphatic rings.